The Kier molecular flexibility index (Phi) is 6.82. The van der Waals surface area contributed by atoms with Gasteiger partial charge in [-0.25, -0.2) is 8.42 Å². The highest BCUT2D eigenvalue weighted by Crippen LogP contribution is 2.39. The van der Waals surface area contributed by atoms with Crippen molar-refractivity contribution in [3.05, 3.63) is 68.6 Å². The SMILES string of the molecule is CON=C1CCS(=O)(=O)c2c(C)cc(C(=O)C3=C(Sc4ccc(C)cc4)CCCC3=O)c(C)c21. The summed E-state index contributed by atoms with van der Waals surface area (Å²) < 4.78 is 25.7. The molecule has 0 spiro atoms. The number of hydrogen-bond donors (Lipinski definition) is 0. The molecule has 0 saturated heterocycles. The van der Waals surface area contributed by atoms with E-state index in [0.29, 0.717) is 47.2 Å². The maximum Gasteiger partial charge on any atom is 0.197 e. The number of allylic oxidation sites excluding steroid dienone is 2. The Labute approximate surface area is 204 Å². The highest BCUT2D eigenvalue weighted by Gasteiger charge is 2.35. The van der Waals surface area contributed by atoms with Crippen molar-refractivity contribution < 1.29 is 22.8 Å². The summed E-state index contributed by atoms with van der Waals surface area (Å²) in [6, 6.07) is 9.58. The fraction of sp³-hybridized carbons (Fsp3) is 0.346. The number of fused-ring (bicyclic) bond motifs is 1. The summed E-state index contributed by atoms with van der Waals surface area (Å²) in [4.78, 5) is 33.7. The molecule has 6 nitrogen and oxygen atoms in total. The highest BCUT2D eigenvalue weighted by molar-refractivity contribution is 8.03. The Bertz CT molecular complexity index is 1350. The molecule has 4 rings (SSSR count). The van der Waals surface area contributed by atoms with Crippen LogP contribution in [0.15, 0.2) is 55.8 Å². The zero-order valence-electron chi connectivity index (χ0n) is 19.7. The first-order valence-corrected chi connectivity index (χ1v) is 13.6. The second kappa shape index (κ2) is 9.50. The van der Waals surface area contributed by atoms with Crippen LogP contribution in [0.25, 0.3) is 0 Å². The number of oxime groups is 1. The lowest BCUT2D eigenvalue weighted by molar-refractivity contribution is -0.115. The largest absolute Gasteiger partial charge is 0.399 e. The van der Waals surface area contributed by atoms with Crippen LogP contribution >= 0.6 is 11.8 Å². The standard InChI is InChI=1S/C26H27NO5S2/c1-15-8-10-18(11-9-15)33-22-7-5-6-21(28)24(22)25(29)19-14-16(2)26-23(17(19)3)20(27-32-4)12-13-34(26,30)31/h8-11,14H,5-7,12-13H2,1-4H3. The van der Waals surface area contributed by atoms with E-state index in [4.69, 9.17) is 4.84 Å². The predicted octanol–water partition coefficient (Wildman–Crippen LogP) is 5.12. The zero-order chi connectivity index (χ0) is 24.6. The molecule has 1 aliphatic heterocycles. The molecule has 178 valence electrons. The van der Waals surface area contributed by atoms with E-state index in [-0.39, 0.29) is 34.2 Å². The van der Waals surface area contributed by atoms with E-state index >= 15 is 0 Å². The van der Waals surface area contributed by atoms with Gasteiger partial charge in [0.05, 0.1) is 21.9 Å². The molecule has 0 unspecified atom stereocenters. The molecule has 0 saturated carbocycles. The number of aryl methyl sites for hydroxylation is 2. The molecule has 1 aliphatic carbocycles. The monoisotopic (exact) mass is 497 g/mol. The number of thioether (sulfide) groups is 1. The van der Waals surface area contributed by atoms with Crippen LogP contribution in [0.1, 0.15) is 58.3 Å². The maximum atomic E-state index is 13.8. The number of Topliss-reactive ketones (excluding diaryl/α,β-unsaturated/α-hetero) is 2. The van der Waals surface area contributed by atoms with Crippen molar-refractivity contribution in [2.24, 2.45) is 5.16 Å². The van der Waals surface area contributed by atoms with Gasteiger partial charge in [0.1, 0.15) is 7.11 Å². The molecule has 0 radical (unpaired) electrons. The lowest BCUT2D eigenvalue weighted by atomic mass is 9.86. The molecule has 2 aliphatic rings. The van der Waals surface area contributed by atoms with Crippen molar-refractivity contribution in [3.63, 3.8) is 0 Å². The van der Waals surface area contributed by atoms with Gasteiger partial charge in [0, 0.05) is 33.8 Å². The van der Waals surface area contributed by atoms with E-state index in [1.54, 1.807) is 19.9 Å². The second-order valence-electron chi connectivity index (χ2n) is 8.68. The molecule has 0 N–H and O–H groups in total. The molecule has 2 aromatic rings. The van der Waals surface area contributed by atoms with Crippen molar-refractivity contribution >= 4 is 38.9 Å². The van der Waals surface area contributed by atoms with E-state index in [1.165, 1.54) is 18.9 Å². The summed E-state index contributed by atoms with van der Waals surface area (Å²) in [5, 5.41) is 4.06. The third-order valence-electron chi connectivity index (χ3n) is 6.23. The fourth-order valence-corrected chi connectivity index (χ4v) is 7.50. The molecule has 0 amide bonds. The quantitative estimate of drug-likeness (QED) is 0.323. The van der Waals surface area contributed by atoms with Gasteiger partial charge in [-0.05, 0) is 62.9 Å². The summed E-state index contributed by atoms with van der Waals surface area (Å²) in [7, 11) is -2.10. The second-order valence-corrected chi connectivity index (χ2v) is 11.9. The first kappa shape index (κ1) is 24.4. The third-order valence-corrected chi connectivity index (χ3v) is 9.29. The van der Waals surface area contributed by atoms with Gasteiger partial charge in [-0.1, -0.05) is 34.6 Å². The van der Waals surface area contributed by atoms with Crippen LogP contribution in [0.3, 0.4) is 0 Å². The van der Waals surface area contributed by atoms with Crippen molar-refractivity contribution in [1.82, 2.24) is 0 Å². The number of carbonyl (C=O) groups excluding carboxylic acids is 2. The predicted molar refractivity (Wildman–Crippen MR) is 133 cm³/mol. The van der Waals surface area contributed by atoms with Gasteiger partial charge in [-0.15, -0.1) is 0 Å². The Hall–Kier alpha value is -2.71. The molecule has 0 aromatic heterocycles. The average Bonchev–Trinajstić information content (AvgIpc) is 2.78. The molecule has 8 heteroatoms. The topological polar surface area (TPSA) is 89.9 Å². The minimum absolute atomic E-state index is 0.0588. The van der Waals surface area contributed by atoms with Crippen molar-refractivity contribution in [1.29, 1.82) is 0 Å². The lowest BCUT2D eigenvalue weighted by Gasteiger charge is -2.25. The number of ketones is 2. The molecule has 2 aromatic carbocycles. The summed E-state index contributed by atoms with van der Waals surface area (Å²) in [6.45, 7) is 5.41. The van der Waals surface area contributed by atoms with Crippen LogP contribution in [-0.2, 0) is 19.5 Å². The van der Waals surface area contributed by atoms with Crippen molar-refractivity contribution in [2.75, 3.05) is 12.9 Å². The Balaban J connectivity index is 1.87. The summed E-state index contributed by atoms with van der Waals surface area (Å²) >= 11 is 1.45. The van der Waals surface area contributed by atoms with E-state index in [2.05, 4.69) is 5.16 Å². The van der Waals surface area contributed by atoms with Crippen LogP contribution < -0.4 is 0 Å². The smallest absolute Gasteiger partial charge is 0.197 e. The summed E-state index contributed by atoms with van der Waals surface area (Å²) in [5.74, 6) is -0.585. The minimum atomic E-state index is -3.51. The van der Waals surface area contributed by atoms with E-state index in [9.17, 15) is 18.0 Å². The number of hydrogen-bond acceptors (Lipinski definition) is 7. The molecule has 0 fully saturated rings. The zero-order valence-corrected chi connectivity index (χ0v) is 21.4. The molecule has 34 heavy (non-hydrogen) atoms. The first-order valence-electron chi connectivity index (χ1n) is 11.2. The van der Waals surface area contributed by atoms with Gasteiger partial charge >= 0.3 is 0 Å². The van der Waals surface area contributed by atoms with Crippen LogP contribution in [0, 0.1) is 20.8 Å². The summed E-state index contributed by atoms with van der Waals surface area (Å²) in [6.07, 6.45) is 1.89. The Morgan fingerprint density at radius 2 is 1.76 bits per heavy atom. The maximum absolute atomic E-state index is 13.8. The minimum Gasteiger partial charge on any atom is -0.399 e. The van der Waals surface area contributed by atoms with Gasteiger partial charge in [-0.3, -0.25) is 9.59 Å². The summed E-state index contributed by atoms with van der Waals surface area (Å²) in [5.41, 5.74) is 3.60. The molecule has 0 atom stereocenters. The van der Waals surface area contributed by atoms with E-state index in [1.807, 2.05) is 31.2 Å². The van der Waals surface area contributed by atoms with Crippen LogP contribution in [-0.4, -0.2) is 38.6 Å². The van der Waals surface area contributed by atoms with Crippen LogP contribution in [0.2, 0.25) is 0 Å². The normalized spacial score (nSPS) is 18.7. The van der Waals surface area contributed by atoms with Gasteiger partial charge in [0.15, 0.2) is 21.4 Å². The van der Waals surface area contributed by atoms with E-state index < -0.39 is 9.84 Å². The fourth-order valence-electron chi connectivity index (χ4n) is 4.59. The van der Waals surface area contributed by atoms with Gasteiger partial charge in [0.2, 0.25) is 0 Å². The molecular formula is C26H27NO5S2. The first-order chi connectivity index (χ1) is 16.1. The number of nitrogens with zero attached hydrogens (tertiary/aromatic N) is 1. The van der Waals surface area contributed by atoms with Crippen molar-refractivity contribution in [2.45, 2.75) is 56.2 Å². The lowest BCUT2D eigenvalue weighted by Crippen LogP contribution is -2.27. The number of rotatable bonds is 5. The van der Waals surface area contributed by atoms with Crippen LogP contribution in [0.5, 0.6) is 0 Å². The van der Waals surface area contributed by atoms with E-state index in [0.717, 1.165) is 15.4 Å². The third kappa shape index (κ3) is 4.49. The van der Waals surface area contributed by atoms with Crippen molar-refractivity contribution in [3.8, 4) is 0 Å². The number of carbonyl (C=O) groups is 2. The molecule has 1 heterocycles. The van der Waals surface area contributed by atoms with Gasteiger partial charge in [0.25, 0.3) is 0 Å². The molecule has 0 bridgehead atoms. The average molecular weight is 498 g/mol. The highest BCUT2D eigenvalue weighted by atomic mass is 32.2. The number of benzene rings is 2. The van der Waals surface area contributed by atoms with Crippen LogP contribution in [0.4, 0.5) is 0 Å². The Morgan fingerprint density at radius 1 is 1.06 bits per heavy atom. The molecular weight excluding hydrogens is 470 g/mol. The number of sulfone groups is 1. The van der Waals surface area contributed by atoms with Gasteiger partial charge < -0.3 is 4.84 Å². The Morgan fingerprint density at radius 3 is 2.44 bits per heavy atom. The van der Waals surface area contributed by atoms with Gasteiger partial charge in [-0.2, -0.15) is 0 Å².